The number of non-ortho nitro benzene ring substituents is 1. The Morgan fingerprint density at radius 1 is 1.37 bits per heavy atom. The summed E-state index contributed by atoms with van der Waals surface area (Å²) in [4.78, 5) is 48.0. The molecular weight excluding hydrogens is 374 g/mol. The van der Waals surface area contributed by atoms with Gasteiger partial charge >= 0.3 is 6.09 Å². The summed E-state index contributed by atoms with van der Waals surface area (Å²) in [6, 6.07) is 3.71. The molecular formula is C17H21N3O6S. The van der Waals surface area contributed by atoms with E-state index in [1.165, 1.54) is 31.2 Å². The summed E-state index contributed by atoms with van der Waals surface area (Å²) in [5.74, 6) is -1.31. The zero-order valence-corrected chi connectivity index (χ0v) is 15.1. The van der Waals surface area contributed by atoms with Gasteiger partial charge in [0.2, 0.25) is 5.91 Å². The summed E-state index contributed by atoms with van der Waals surface area (Å²) in [6.45, 7) is -5.74. The van der Waals surface area contributed by atoms with Crippen molar-refractivity contribution in [3.05, 3.63) is 39.9 Å². The van der Waals surface area contributed by atoms with E-state index in [9.17, 15) is 24.5 Å². The van der Waals surface area contributed by atoms with Crippen molar-refractivity contribution in [3.63, 3.8) is 0 Å². The maximum absolute atomic E-state index is 13.0. The number of likely N-dealkylation sites (tertiary alicyclic amines) is 1. The number of amides is 2. The minimum absolute atomic E-state index is 0.141. The Labute approximate surface area is 169 Å². The normalized spacial score (nSPS) is 23.1. The number of thioether (sulfide) groups is 1. The molecule has 1 aromatic rings. The molecule has 1 heterocycles. The first-order valence-electron chi connectivity index (χ1n) is 10.8. The molecule has 2 rings (SSSR count). The van der Waals surface area contributed by atoms with E-state index in [4.69, 9.17) is 13.0 Å². The number of carbonyl (C=O) groups is 3. The number of likely N-dealkylation sites (N-methyl/N-ethyl adjacent to an activating group) is 1. The van der Waals surface area contributed by atoms with E-state index in [-0.39, 0.29) is 35.3 Å². The minimum atomic E-state index is -3.29. The highest BCUT2D eigenvalue weighted by molar-refractivity contribution is 8.14. The summed E-state index contributed by atoms with van der Waals surface area (Å²) in [7, 11) is 0. The molecule has 0 aliphatic carbocycles. The summed E-state index contributed by atoms with van der Waals surface area (Å²) in [5, 5.41) is 9.86. The van der Waals surface area contributed by atoms with Gasteiger partial charge in [-0.25, -0.2) is 4.79 Å². The van der Waals surface area contributed by atoms with Gasteiger partial charge in [0.25, 0.3) is 5.69 Å². The molecule has 27 heavy (non-hydrogen) atoms. The number of nitro groups is 1. The Morgan fingerprint density at radius 3 is 2.59 bits per heavy atom. The lowest BCUT2D eigenvalue weighted by molar-refractivity contribution is -0.384. The van der Waals surface area contributed by atoms with Gasteiger partial charge in [-0.1, -0.05) is 11.8 Å². The number of ether oxygens (including phenoxy) is 1. The third kappa shape index (κ3) is 5.43. The van der Waals surface area contributed by atoms with Crippen LogP contribution in [0.15, 0.2) is 24.3 Å². The highest BCUT2D eigenvalue weighted by Crippen LogP contribution is 2.29. The maximum Gasteiger partial charge on any atom is 0.410 e. The van der Waals surface area contributed by atoms with Crippen LogP contribution in [0.5, 0.6) is 0 Å². The van der Waals surface area contributed by atoms with Crippen LogP contribution in [0.1, 0.15) is 27.1 Å². The van der Waals surface area contributed by atoms with Crippen molar-refractivity contribution in [2.24, 2.45) is 0 Å². The SMILES string of the molecule is [2H]C([2H])([2H])N(C(=O)[C@@H]1C[C@H](SC(C)=O)CN1C(=O)OCc1ccc([N+](=O)[O-])cc1)C([2H])([2H])[2H]. The van der Waals surface area contributed by atoms with Gasteiger partial charge < -0.3 is 9.64 Å². The summed E-state index contributed by atoms with van der Waals surface area (Å²) >= 11 is 0.846. The highest BCUT2D eigenvalue weighted by Gasteiger charge is 2.41. The van der Waals surface area contributed by atoms with Crippen molar-refractivity contribution in [1.82, 2.24) is 9.80 Å². The lowest BCUT2D eigenvalue weighted by atomic mass is 10.2. The van der Waals surface area contributed by atoms with Crippen LogP contribution in [0.3, 0.4) is 0 Å². The number of rotatable bonds is 5. The molecule has 9 nitrogen and oxygen atoms in total. The van der Waals surface area contributed by atoms with Gasteiger partial charge in [0, 0.05) is 53.0 Å². The van der Waals surface area contributed by atoms with Gasteiger partial charge in [0.05, 0.1) is 4.92 Å². The summed E-state index contributed by atoms with van der Waals surface area (Å²) < 4.78 is 49.9. The van der Waals surface area contributed by atoms with E-state index in [2.05, 4.69) is 0 Å². The van der Waals surface area contributed by atoms with E-state index in [0.29, 0.717) is 5.56 Å². The molecule has 146 valence electrons. The monoisotopic (exact) mass is 401 g/mol. The number of carbonyl (C=O) groups excluding carboxylic acids is 3. The van der Waals surface area contributed by atoms with Crippen LogP contribution in [0.2, 0.25) is 0 Å². The van der Waals surface area contributed by atoms with Gasteiger partial charge in [-0.2, -0.15) is 0 Å². The molecule has 0 N–H and O–H groups in total. The smallest absolute Gasteiger partial charge is 0.410 e. The molecule has 1 aliphatic rings. The van der Waals surface area contributed by atoms with E-state index >= 15 is 0 Å². The van der Waals surface area contributed by atoms with Crippen molar-refractivity contribution in [3.8, 4) is 0 Å². The van der Waals surface area contributed by atoms with Crippen molar-refractivity contribution in [2.75, 3.05) is 20.5 Å². The van der Waals surface area contributed by atoms with Crippen molar-refractivity contribution < 1.29 is 32.3 Å². The third-order valence-corrected chi connectivity index (χ3v) is 4.85. The zero-order chi connectivity index (χ0) is 25.1. The zero-order valence-electron chi connectivity index (χ0n) is 20.3. The Bertz CT molecular complexity index is 909. The second-order valence-corrected chi connectivity index (χ2v) is 7.26. The van der Waals surface area contributed by atoms with Crippen LogP contribution < -0.4 is 0 Å². The predicted molar refractivity (Wildman–Crippen MR) is 99.1 cm³/mol. The second-order valence-electron chi connectivity index (χ2n) is 5.79. The molecule has 0 spiro atoms. The quantitative estimate of drug-likeness (QED) is 0.548. The lowest BCUT2D eigenvalue weighted by Gasteiger charge is -2.25. The molecule has 1 fully saturated rings. The Kier molecular flexibility index (Phi) is 4.43. The fourth-order valence-electron chi connectivity index (χ4n) is 2.64. The van der Waals surface area contributed by atoms with Gasteiger partial charge in [0.15, 0.2) is 5.12 Å². The number of nitro benzene ring substituents is 1. The Morgan fingerprint density at radius 2 is 2.04 bits per heavy atom. The topological polar surface area (TPSA) is 110 Å². The van der Waals surface area contributed by atoms with Crippen LogP contribution in [-0.4, -0.2) is 63.6 Å². The molecule has 0 saturated carbocycles. The molecule has 1 aromatic carbocycles. The fourth-order valence-corrected chi connectivity index (χ4v) is 3.63. The van der Waals surface area contributed by atoms with E-state index < -0.39 is 42.2 Å². The number of benzene rings is 1. The average Bonchev–Trinajstić information content (AvgIpc) is 3.07. The van der Waals surface area contributed by atoms with Crippen molar-refractivity contribution >= 4 is 34.6 Å². The molecule has 2 atom stereocenters. The predicted octanol–water partition coefficient (Wildman–Crippen LogP) is 2.04. The molecule has 0 unspecified atom stereocenters. The van der Waals surface area contributed by atoms with E-state index in [0.717, 1.165) is 16.7 Å². The van der Waals surface area contributed by atoms with E-state index in [1.54, 1.807) is 0 Å². The van der Waals surface area contributed by atoms with Crippen molar-refractivity contribution in [1.29, 1.82) is 0 Å². The van der Waals surface area contributed by atoms with E-state index in [1.807, 2.05) is 0 Å². The first-order valence-corrected chi connectivity index (χ1v) is 8.67. The van der Waals surface area contributed by atoms with Crippen molar-refractivity contribution in [2.45, 2.75) is 31.2 Å². The molecule has 0 aromatic heterocycles. The molecule has 10 heteroatoms. The standard InChI is InChI=1S/C17H21N3O6S/c1-11(21)27-14-8-15(16(22)18(2)3)19(9-14)17(23)26-10-12-4-6-13(7-5-12)20(24)25/h4-7,14-15H,8-10H2,1-3H3/t14-,15-/m0/s1/i2D3,3D3. The highest BCUT2D eigenvalue weighted by atomic mass is 32.2. The number of hydrogen-bond donors (Lipinski definition) is 0. The Hall–Kier alpha value is -2.62. The largest absolute Gasteiger partial charge is 0.445 e. The van der Waals surface area contributed by atoms with Crippen LogP contribution in [0, 0.1) is 10.1 Å². The number of hydrogen-bond acceptors (Lipinski definition) is 7. The van der Waals surface area contributed by atoms with Gasteiger partial charge in [-0.05, 0) is 24.1 Å². The molecule has 0 bridgehead atoms. The lowest BCUT2D eigenvalue weighted by Crippen LogP contribution is -2.45. The van der Waals surface area contributed by atoms with Gasteiger partial charge in [-0.3, -0.25) is 24.6 Å². The average molecular weight is 401 g/mol. The maximum atomic E-state index is 13.0. The molecule has 1 aliphatic heterocycles. The first-order chi connectivity index (χ1) is 15.1. The van der Waals surface area contributed by atoms with Crippen LogP contribution in [0.25, 0.3) is 0 Å². The van der Waals surface area contributed by atoms with Crippen LogP contribution in [-0.2, 0) is 20.9 Å². The fraction of sp³-hybridized carbons (Fsp3) is 0.471. The molecule has 0 radical (unpaired) electrons. The van der Waals surface area contributed by atoms with Gasteiger partial charge in [-0.15, -0.1) is 0 Å². The summed E-state index contributed by atoms with van der Waals surface area (Å²) in [6.07, 6.45) is -1.16. The third-order valence-electron chi connectivity index (χ3n) is 3.84. The number of nitrogens with zero attached hydrogens (tertiary/aromatic N) is 3. The Balaban J connectivity index is 2.22. The van der Waals surface area contributed by atoms with Gasteiger partial charge in [0.1, 0.15) is 12.6 Å². The second kappa shape index (κ2) is 8.85. The minimum Gasteiger partial charge on any atom is -0.445 e. The van der Waals surface area contributed by atoms with Crippen LogP contribution >= 0.6 is 11.8 Å². The summed E-state index contributed by atoms with van der Waals surface area (Å²) in [5.41, 5.74) is 0.256. The van der Waals surface area contributed by atoms with Crippen LogP contribution in [0.4, 0.5) is 10.5 Å². The first kappa shape index (κ1) is 13.5. The molecule has 1 saturated heterocycles. The molecule has 2 amide bonds.